The van der Waals surface area contributed by atoms with Gasteiger partial charge in [0, 0.05) is 26.2 Å². The van der Waals surface area contributed by atoms with Gasteiger partial charge in [0.1, 0.15) is 10.0 Å². The number of thiophene rings is 1. The highest BCUT2D eigenvalue weighted by Crippen LogP contribution is 2.27. The standard InChI is InChI=1S/C15H13Cl2FN2O3S2/c16-11-9-12(17)13(18)8-10(11)15(21)19-3-5-20(6-4-19)25(22,23)14-2-1-7-24-14/h1-2,7-9H,3-6H2. The van der Waals surface area contributed by atoms with E-state index in [2.05, 4.69) is 0 Å². The van der Waals surface area contributed by atoms with Crippen molar-refractivity contribution in [3.8, 4) is 0 Å². The third kappa shape index (κ3) is 3.68. The van der Waals surface area contributed by atoms with Gasteiger partial charge in [-0.05, 0) is 23.6 Å². The van der Waals surface area contributed by atoms with Crippen molar-refractivity contribution in [2.75, 3.05) is 26.2 Å². The number of nitrogens with zero attached hydrogens (tertiary/aromatic N) is 2. The smallest absolute Gasteiger partial charge is 0.255 e. The van der Waals surface area contributed by atoms with Crippen molar-refractivity contribution in [3.63, 3.8) is 0 Å². The van der Waals surface area contributed by atoms with E-state index in [4.69, 9.17) is 23.2 Å². The Kier molecular flexibility index (Phi) is 5.36. The molecule has 10 heteroatoms. The Bertz CT molecular complexity index is 896. The first-order chi connectivity index (χ1) is 11.8. The summed E-state index contributed by atoms with van der Waals surface area (Å²) in [4.78, 5) is 14.0. The Morgan fingerprint density at radius 1 is 1.12 bits per heavy atom. The summed E-state index contributed by atoms with van der Waals surface area (Å²) in [5.74, 6) is -1.18. The molecule has 0 atom stereocenters. The quantitative estimate of drug-likeness (QED) is 0.712. The number of halogens is 3. The predicted octanol–water partition coefficient (Wildman–Crippen LogP) is 3.34. The summed E-state index contributed by atoms with van der Waals surface area (Å²) < 4.78 is 40.2. The molecule has 2 aromatic rings. The molecule has 1 amide bonds. The molecular formula is C15H13Cl2FN2O3S2. The number of amides is 1. The third-order valence-electron chi connectivity index (χ3n) is 3.86. The van der Waals surface area contributed by atoms with E-state index in [9.17, 15) is 17.6 Å². The summed E-state index contributed by atoms with van der Waals surface area (Å²) >= 11 is 12.8. The summed E-state index contributed by atoms with van der Waals surface area (Å²) in [6.45, 7) is 0.730. The minimum atomic E-state index is -3.54. The van der Waals surface area contributed by atoms with Gasteiger partial charge in [0.2, 0.25) is 0 Å². The van der Waals surface area contributed by atoms with Gasteiger partial charge in [-0.1, -0.05) is 29.3 Å². The Morgan fingerprint density at radius 3 is 2.40 bits per heavy atom. The van der Waals surface area contributed by atoms with E-state index in [1.54, 1.807) is 17.5 Å². The molecule has 25 heavy (non-hydrogen) atoms. The van der Waals surface area contributed by atoms with E-state index in [0.29, 0.717) is 0 Å². The summed E-state index contributed by atoms with van der Waals surface area (Å²) in [6, 6.07) is 5.41. The molecule has 0 aliphatic carbocycles. The van der Waals surface area contributed by atoms with Crippen LogP contribution in [-0.4, -0.2) is 49.7 Å². The predicted molar refractivity (Wildman–Crippen MR) is 95.4 cm³/mol. The minimum absolute atomic E-state index is 0.0122. The highest BCUT2D eigenvalue weighted by Gasteiger charge is 2.31. The maximum absolute atomic E-state index is 13.6. The fraction of sp³-hybridized carbons (Fsp3) is 0.267. The fourth-order valence-corrected chi connectivity index (χ4v) is 5.56. The summed E-state index contributed by atoms with van der Waals surface area (Å²) in [5.41, 5.74) is 0.0122. The van der Waals surface area contributed by atoms with Crippen LogP contribution >= 0.6 is 34.5 Å². The van der Waals surface area contributed by atoms with Crippen LogP contribution in [0.4, 0.5) is 4.39 Å². The van der Waals surface area contributed by atoms with E-state index in [-0.39, 0.29) is 46.0 Å². The molecule has 1 aromatic heterocycles. The monoisotopic (exact) mass is 422 g/mol. The van der Waals surface area contributed by atoms with E-state index < -0.39 is 21.7 Å². The SMILES string of the molecule is O=C(c1cc(F)c(Cl)cc1Cl)N1CCN(S(=O)(=O)c2cccs2)CC1. The Hall–Kier alpha value is -1.19. The largest absolute Gasteiger partial charge is 0.336 e. The van der Waals surface area contributed by atoms with Crippen molar-refractivity contribution in [3.05, 3.63) is 51.1 Å². The molecule has 1 aromatic carbocycles. The third-order valence-corrected chi connectivity index (χ3v) is 7.73. The zero-order chi connectivity index (χ0) is 18.2. The van der Waals surface area contributed by atoms with Gasteiger partial charge < -0.3 is 4.90 Å². The van der Waals surface area contributed by atoms with E-state index >= 15 is 0 Å². The molecule has 1 aliphatic rings. The number of hydrogen-bond donors (Lipinski definition) is 0. The first-order valence-electron chi connectivity index (χ1n) is 7.28. The normalized spacial score (nSPS) is 16.2. The summed E-state index contributed by atoms with van der Waals surface area (Å²) in [7, 11) is -3.54. The van der Waals surface area contributed by atoms with Crippen LogP contribution in [0.15, 0.2) is 33.9 Å². The number of rotatable bonds is 3. The first kappa shape index (κ1) is 18.6. The van der Waals surface area contributed by atoms with Gasteiger partial charge in [-0.3, -0.25) is 4.79 Å². The molecule has 0 radical (unpaired) electrons. The molecular weight excluding hydrogens is 410 g/mol. The molecule has 2 heterocycles. The Balaban J connectivity index is 1.72. The molecule has 5 nitrogen and oxygen atoms in total. The van der Waals surface area contributed by atoms with E-state index in [0.717, 1.165) is 17.4 Å². The summed E-state index contributed by atoms with van der Waals surface area (Å²) in [5, 5.41) is 1.60. The summed E-state index contributed by atoms with van der Waals surface area (Å²) in [6.07, 6.45) is 0. The molecule has 1 saturated heterocycles. The lowest BCUT2D eigenvalue weighted by atomic mass is 10.1. The average molecular weight is 423 g/mol. The van der Waals surface area contributed by atoms with Crippen molar-refractivity contribution in [1.29, 1.82) is 0 Å². The molecule has 0 unspecified atom stereocenters. The second-order valence-corrected chi connectivity index (χ2v) is 9.30. The van der Waals surface area contributed by atoms with Crippen molar-refractivity contribution in [2.24, 2.45) is 0 Å². The van der Waals surface area contributed by atoms with Gasteiger partial charge in [0.25, 0.3) is 15.9 Å². The Labute approximate surface area is 158 Å². The van der Waals surface area contributed by atoms with Crippen LogP contribution in [0.5, 0.6) is 0 Å². The molecule has 0 N–H and O–H groups in total. The fourth-order valence-electron chi connectivity index (χ4n) is 2.53. The highest BCUT2D eigenvalue weighted by atomic mass is 35.5. The molecule has 1 fully saturated rings. The second-order valence-electron chi connectivity index (χ2n) is 5.37. The second kappa shape index (κ2) is 7.20. The van der Waals surface area contributed by atoms with Crippen LogP contribution in [0.25, 0.3) is 0 Å². The maximum atomic E-state index is 13.6. The number of hydrogen-bond acceptors (Lipinski definition) is 4. The van der Waals surface area contributed by atoms with Gasteiger partial charge in [0.05, 0.1) is 15.6 Å². The van der Waals surface area contributed by atoms with Crippen LogP contribution < -0.4 is 0 Å². The van der Waals surface area contributed by atoms with Crippen LogP contribution in [0.2, 0.25) is 10.0 Å². The van der Waals surface area contributed by atoms with Crippen molar-refractivity contribution < 1.29 is 17.6 Å². The Morgan fingerprint density at radius 2 is 1.80 bits per heavy atom. The molecule has 0 spiro atoms. The van der Waals surface area contributed by atoms with Crippen molar-refractivity contribution in [1.82, 2.24) is 9.21 Å². The average Bonchev–Trinajstić information content (AvgIpc) is 3.13. The lowest BCUT2D eigenvalue weighted by Crippen LogP contribution is -2.50. The topological polar surface area (TPSA) is 57.7 Å². The molecule has 0 saturated carbocycles. The zero-order valence-electron chi connectivity index (χ0n) is 12.8. The lowest BCUT2D eigenvalue weighted by Gasteiger charge is -2.33. The zero-order valence-corrected chi connectivity index (χ0v) is 15.9. The highest BCUT2D eigenvalue weighted by molar-refractivity contribution is 7.91. The molecule has 1 aliphatic heterocycles. The van der Waals surface area contributed by atoms with Crippen molar-refractivity contribution in [2.45, 2.75) is 4.21 Å². The van der Waals surface area contributed by atoms with Crippen LogP contribution in [-0.2, 0) is 10.0 Å². The van der Waals surface area contributed by atoms with Gasteiger partial charge in [0.15, 0.2) is 0 Å². The van der Waals surface area contributed by atoms with Gasteiger partial charge in [-0.2, -0.15) is 4.31 Å². The lowest BCUT2D eigenvalue weighted by molar-refractivity contribution is 0.0697. The van der Waals surface area contributed by atoms with Gasteiger partial charge in [-0.25, -0.2) is 12.8 Å². The van der Waals surface area contributed by atoms with E-state index in [1.807, 2.05) is 0 Å². The van der Waals surface area contributed by atoms with Crippen molar-refractivity contribution >= 4 is 50.5 Å². The number of carbonyl (C=O) groups excluding carboxylic acids is 1. The van der Waals surface area contributed by atoms with Gasteiger partial charge >= 0.3 is 0 Å². The maximum Gasteiger partial charge on any atom is 0.255 e. The number of piperazine rings is 1. The number of carbonyl (C=O) groups is 1. The first-order valence-corrected chi connectivity index (χ1v) is 10.4. The van der Waals surface area contributed by atoms with Crippen LogP contribution in [0.3, 0.4) is 0 Å². The van der Waals surface area contributed by atoms with Gasteiger partial charge in [-0.15, -0.1) is 11.3 Å². The van der Waals surface area contributed by atoms with Crippen LogP contribution in [0, 0.1) is 5.82 Å². The molecule has 3 rings (SSSR count). The number of sulfonamides is 1. The number of benzene rings is 1. The minimum Gasteiger partial charge on any atom is -0.336 e. The molecule has 0 bridgehead atoms. The van der Waals surface area contributed by atoms with E-state index in [1.165, 1.54) is 15.3 Å². The van der Waals surface area contributed by atoms with Crippen LogP contribution in [0.1, 0.15) is 10.4 Å². The molecule has 134 valence electrons.